The maximum absolute atomic E-state index is 11.4. The lowest BCUT2D eigenvalue weighted by Crippen LogP contribution is -2.03. The Labute approximate surface area is 118 Å². The van der Waals surface area contributed by atoms with Gasteiger partial charge in [-0.25, -0.2) is 0 Å². The van der Waals surface area contributed by atoms with Crippen molar-refractivity contribution in [3.05, 3.63) is 64.2 Å². The number of carbonyl (C=O) groups is 1. The van der Waals surface area contributed by atoms with Gasteiger partial charge in [0, 0.05) is 5.69 Å². The molecule has 2 N–H and O–H groups in total. The summed E-state index contributed by atoms with van der Waals surface area (Å²) in [5.74, 6) is 0.0119. The van der Waals surface area contributed by atoms with Gasteiger partial charge in [-0.3, -0.25) is 4.79 Å². The number of amides is 1. The van der Waals surface area contributed by atoms with E-state index in [9.17, 15) is 9.90 Å². The Morgan fingerprint density at radius 1 is 1.05 bits per heavy atom. The number of carbonyl (C=O) groups excluding carboxylic acids is 1. The first-order chi connectivity index (χ1) is 9.54. The van der Waals surface area contributed by atoms with E-state index in [-0.39, 0.29) is 5.91 Å². The molecule has 102 valence electrons. The van der Waals surface area contributed by atoms with Crippen LogP contribution in [0.3, 0.4) is 0 Å². The fourth-order valence-corrected chi connectivity index (χ4v) is 2.55. The van der Waals surface area contributed by atoms with Crippen molar-refractivity contribution in [2.24, 2.45) is 0 Å². The molecule has 1 aliphatic heterocycles. The highest BCUT2D eigenvalue weighted by molar-refractivity contribution is 5.99. The van der Waals surface area contributed by atoms with Crippen LogP contribution in [0.5, 0.6) is 0 Å². The first-order valence-electron chi connectivity index (χ1n) is 6.72. The number of aryl methyl sites for hydroxylation is 2. The van der Waals surface area contributed by atoms with E-state index < -0.39 is 6.10 Å². The molecule has 1 amide bonds. The van der Waals surface area contributed by atoms with E-state index in [1.165, 1.54) is 11.1 Å². The molecule has 2 aromatic rings. The topological polar surface area (TPSA) is 49.3 Å². The number of aliphatic hydroxyl groups excluding tert-OH is 1. The Morgan fingerprint density at radius 3 is 2.50 bits per heavy atom. The molecule has 0 bridgehead atoms. The molecule has 3 nitrogen and oxygen atoms in total. The number of benzene rings is 2. The zero-order valence-corrected chi connectivity index (χ0v) is 11.6. The largest absolute Gasteiger partial charge is 0.384 e. The number of anilines is 1. The normalized spacial score (nSPS) is 14.8. The lowest BCUT2D eigenvalue weighted by Gasteiger charge is -2.14. The predicted octanol–water partition coefficient (Wildman–Crippen LogP) is 2.88. The molecule has 0 radical (unpaired) electrons. The van der Waals surface area contributed by atoms with E-state index in [1.807, 2.05) is 43.3 Å². The second-order valence-electron chi connectivity index (χ2n) is 5.39. The van der Waals surface area contributed by atoms with Crippen LogP contribution in [0.2, 0.25) is 0 Å². The molecule has 3 heteroatoms. The predicted molar refractivity (Wildman–Crippen MR) is 78.8 cm³/mol. The minimum atomic E-state index is -0.657. The first kappa shape index (κ1) is 12.9. The number of aliphatic hydroxyl groups is 1. The average molecular weight is 267 g/mol. The zero-order valence-electron chi connectivity index (χ0n) is 11.6. The van der Waals surface area contributed by atoms with Crippen LogP contribution in [0, 0.1) is 13.8 Å². The smallest absolute Gasteiger partial charge is 0.228 e. The van der Waals surface area contributed by atoms with E-state index in [2.05, 4.69) is 12.2 Å². The molecule has 1 atom stereocenters. The third-order valence-corrected chi connectivity index (χ3v) is 3.92. The molecule has 0 aliphatic carbocycles. The summed E-state index contributed by atoms with van der Waals surface area (Å²) in [5, 5.41) is 13.3. The van der Waals surface area contributed by atoms with Crippen LogP contribution in [-0.2, 0) is 11.2 Å². The quantitative estimate of drug-likeness (QED) is 0.879. The Morgan fingerprint density at radius 2 is 1.75 bits per heavy atom. The van der Waals surface area contributed by atoms with Gasteiger partial charge in [-0.2, -0.15) is 0 Å². The summed E-state index contributed by atoms with van der Waals surface area (Å²) in [7, 11) is 0. The standard InChI is InChI=1S/C17H17NO2/c1-10-3-4-12(7-11(10)2)17(20)13-5-6-15-14(8-13)9-16(19)18-15/h3-8,17,20H,9H2,1-2H3,(H,18,19). The van der Waals surface area contributed by atoms with E-state index in [0.717, 1.165) is 22.4 Å². The van der Waals surface area contributed by atoms with Crippen LogP contribution in [0.4, 0.5) is 5.69 Å². The van der Waals surface area contributed by atoms with Crippen molar-refractivity contribution in [3.8, 4) is 0 Å². The average Bonchev–Trinajstić information content (AvgIpc) is 2.80. The minimum absolute atomic E-state index is 0.0119. The van der Waals surface area contributed by atoms with E-state index >= 15 is 0 Å². The molecule has 2 aromatic carbocycles. The van der Waals surface area contributed by atoms with Gasteiger partial charge in [0.1, 0.15) is 6.10 Å². The third-order valence-electron chi connectivity index (χ3n) is 3.92. The number of hydrogen-bond donors (Lipinski definition) is 2. The molecule has 0 fully saturated rings. The van der Waals surface area contributed by atoms with Crippen molar-refractivity contribution in [1.29, 1.82) is 0 Å². The summed E-state index contributed by atoms with van der Waals surface area (Å²) in [5.41, 5.74) is 5.89. The molecule has 0 spiro atoms. The zero-order chi connectivity index (χ0) is 14.3. The highest BCUT2D eigenvalue weighted by Crippen LogP contribution is 2.29. The van der Waals surface area contributed by atoms with Gasteiger partial charge in [0.05, 0.1) is 6.42 Å². The molecule has 1 heterocycles. The maximum atomic E-state index is 11.4. The SMILES string of the molecule is Cc1ccc(C(O)c2ccc3c(c2)CC(=O)N3)cc1C. The maximum Gasteiger partial charge on any atom is 0.228 e. The Kier molecular flexibility index (Phi) is 3.07. The summed E-state index contributed by atoms with van der Waals surface area (Å²) in [6.45, 7) is 4.09. The van der Waals surface area contributed by atoms with Gasteiger partial charge in [-0.05, 0) is 47.7 Å². The Balaban J connectivity index is 1.94. The molecule has 1 aliphatic rings. The van der Waals surface area contributed by atoms with E-state index in [1.54, 1.807) is 0 Å². The van der Waals surface area contributed by atoms with Crippen molar-refractivity contribution in [2.45, 2.75) is 26.4 Å². The van der Waals surface area contributed by atoms with Gasteiger partial charge in [0.25, 0.3) is 0 Å². The van der Waals surface area contributed by atoms with Crippen molar-refractivity contribution in [3.63, 3.8) is 0 Å². The Bertz CT molecular complexity index is 691. The van der Waals surface area contributed by atoms with Gasteiger partial charge in [0.2, 0.25) is 5.91 Å². The second kappa shape index (κ2) is 4.76. The van der Waals surface area contributed by atoms with Crippen LogP contribution in [0.25, 0.3) is 0 Å². The number of fused-ring (bicyclic) bond motifs is 1. The summed E-state index contributed by atoms with van der Waals surface area (Å²) in [6.07, 6.45) is -0.265. The van der Waals surface area contributed by atoms with Gasteiger partial charge in [-0.15, -0.1) is 0 Å². The highest BCUT2D eigenvalue weighted by atomic mass is 16.3. The summed E-state index contributed by atoms with van der Waals surface area (Å²) >= 11 is 0. The van der Waals surface area contributed by atoms with Crippen molar-refractivity contribution in [1.82, 2.24) is 0 Å². The van der Waals surface area contributed by atoms with Crippen molar-refractivity contribution >= 4 is 11.6 Å². The lowest BCUT2D eigenvalue weighted by molar-refractivity contribution is -0.115. The van der Waals surface area contributed by atoms with Crippen LogP contribution < -0.4 is 5.32 Å². The number of nitrogens with one attached hydrogen (secondary N) is 1. The number of rotatable bonds is 2. The summed E-state index contributed by atoms with van der Waals surface area (Å²) < 4.78 is 0. The minimum Gasteiger partial charge on any atom is -0.384 e. The van der Waals surface area contributed by atoms with Gasteiger partial charge in [-0.1, -0.05) is 30.3 Å². The van der Waals surface area contributed by atoms with Crippen LogP contribution in [0.15, 0.2) is 36.4 Å². The third kappa shape index (κ3) is 2.21. The molecule has 1 unspecified atom stereocenters. The monoisotopic (exact) mass is 267 g/mol. The van der Waals surface area contributed by atoms with Crippen molar-refractivity contribution in [2.75, 3.05) is 5.32 Å². The summed E-state index contributed by atoms with van der Waals surface area (Å²) in [4.78, 5) is 11.4. The van der Waals surface area contributed by atoms with Gasteiger partial charge >= 0.3 is 0 Å². The molecule has 20 heavy (non-hydrogen) atoms. The van der Waals surface area contributed by atoms with Crippen LogP contribution >= 0.6 is 0 Å². The molecule has 3 rings (SSSR count). The van der Waals surface area contributed by atoms with Gasteiger partial charge in [0.15, 0.2) is 0 Å². The summed E-state index contributed by atoms with van der Waals surface area (Å²) in [6, 6.07) is 11.6. The second-order valence-corrected chi connectivity index (χ2v) is 5.39. The fourth-order valence-electron chi connectivity index (χ4n) is 2.55. The molecule has 0 saturated heterocycles. The van der Waals surface area contributed by atoms with Crippen LogP contribution in [0.1, 0.15) is 33.9 Å². The molecule has 0 aromatic heterocycles. The highest BCUT2D eigenvalue weighted by Gasteiger charge is 2.20. The van der Waals surface area contributed by atoms with E-state index in [4.69, 9.17) is 0 Å². The van der Waals surface area contributed by atoms with Crippen molar-refractivity contribution < 1.29 is 9.90 Å². The van der Waals surface area contributed by atoms with E-state index in [0.29, 0.717) is 6.42 Å². The fraction of sp³-hybridized carbons (Fsp3) is 0.235. The first-order valence-corrected chi connectivity index (χ1v) is 6.72. The molecular weight excluding hydrogens is 250 g/mol. The van der Waals surface area contributed by atoms with Crippen LogP contribution in [-0.4, -0.2) is 11.0 Å². The molecule has 0 saturated carbocycles. The van der Waals surface area contributed by atoms with Gasteiger partial charge < -0.3 is 10.4 Å². The molecular formula is C17H17NO2. The Hall–Kier alpha value is -2.13. The lowest BCUT2D eigenvalue weighted by atomic mass is 9.96. The number of hydrogen-bond acceptors (Lipinski definition) is 2.